The van der Waals surface area contributed by atoms with Crippen LogP contribution in [0.25, 0.3) is 0 Å². The van der Waals surface area contributed by atoms with Crippen molar-refractivity contribution in [2.24, 2.45) is 11.8 Å². The molecule has 0 bridgehead atoms. The molecule has 0 aromatic carbocycles. The summed E-state index contributed by atoms with van der Waals surface area (Å²) < 4.78 is 4.81. The molecule has 0 saturated carbocycles. The van der Waals surface area contributed by atoms with Crippen molar-refractivity contribution in [2.75, 3.05) is 6.61 Å². The third-order valence-corrected chi connectivity index (χ3v) is 2.56. The summed E-state index contributed by atoms with van der Waals surface area (Å²) in [6.45, 7) is 5.94. The van der Waals surface area contributed by atoms with Gasteiger partial charge in [-0.25, -0.2) is 0 Å². The smallest absolute Gasteiger partial charge is 0.306 e. The number of carboxylic acid groups (broad SMARTS) is 1. The Labute approximate surface area is 97.0 Å². The van der Waals surface area contributed by atoms with Gasteiger partial charge in [-0.2, -0.15) is 0 Å². The van der Waals surface area contributed by atoms with Gasteiger partial charge >= 0.3 is 11.9 Å². The summed E-state index contributed by atoms with van der Waals surface area (Å²) >= 11 is 0. The van der Waals surface area contributed by atoms with E-state index in [0.29, 0.717) is 25.4 Å². The second-order valence-electron chi connectivity index (χ2n) is 4.28. The van der Waals surface area contributed by atoms with Crippen molar-refractivity contribution in [2.45, 2.75) is 46.5 Å². The van der Waals surface area contributed by atoms with Crippen LogP contribution in [-0.2, 0) is 14.3 Å². The van der Waals surface area contributed by atoms with Gasteiger partial charge in [-0.05, 0) is 25.7 Å². The summed E-state index contributed by atoms with van der Waals surface area (Å²) in [5.74, 6) is -0.892. The number of hydrogen-bond donors (Lipinski definition) is 1. The molecule has 16 heavy (non-hydrogen) atoms. The van der Waals surface area contributed by atoms with Gasteiger partial charge in [0.1, 0.15) is 0 Å². The third kappa shape index (κ3) is 7.26. The first-order valence-corrected chi connectivity index (χ1v) is 5.85. The number of aliphatic carboxylic acids is 1. The van der Waals surface area contributed by atoms with E-state index in [0.717, 1.165) is 12.8 Å². The van der Waals surface area contributed by atoms with Crippen molar-refractivity contribution in [1.82, 2.24) is 0 Å². The van der Waals surface area contributed by atoms with Gasteiger partial charge in [0.15, 0.2) is 0 Å². The zero-order chi connectivity index (χ0) is 12.6. The maximum atomic E-state index is 11.0. The molecule has 0 spiro atoms. The topological polar surface area (TPSA) is 63.6 Å². The van der Waals surface area contributed by atoms with Crippen LogP contribution in [0.2, 0.25) is 0 Å². The minimum atomic E-state index is -0.753. The molecule has 2 atom stereocenters. The van der Waals surface area contributed by atoms with E-state index in [1.807, 2.05) is 6.92 Å². The Morgan fingerprint density at radius 2 is 1.94 bits per heavy atom. The van der Waals surface area contributed by atoms with Gasteiger partial charge in [-0.1, -0.05) is 20.3 Å². The van der Waals surface area contributed by atoms with Crippen LogP contribution in [0.4, 0.5) is 0 Å². The highest BCUT2D eigenvalue weighted by Crippen LogP contribution is 2.17. The van der Waals surface area contributed by atoms with Crippen molar-refractivity contribution < 1.29 is 19.4 Å². The van der Waals surface area contributed by atoms with Crippen LogP contribution in [0.15, 0.2) is 0 Å². The molecule has 0 saturated heterocycles. The molecule has 4 nitrogen and oxygen atoms in total. The zero-order valence-electron chi connectivity index (χ0n) is 10.4. The van der Waals surface area contributed by atoms with Crippen LogP contribution in [0.5, 0.6) is 0 Å². The van der Waals surface area contributed by atoms with Crippen LogP contribution in [0.1, 0.15) is 46.5 Å². The first kappa shape index (κ1) is 14.9. The lowest BCUT2D eigenvalue weighted by molar-refractivity contribution is -0.144. The summed E-state index contributed by atoms with van der Waals surface area (Å²) in [6, 6.07) is 0. The van der Waals surface area contributed by atoms with Gasteiger partial charge < -0.3 is 9.84 Å². The van der Waals surface area contributed by atoms with Crippen LogP contribution in [0.3, 0.4) is 0 Å². The molecular formula is C12H22O4. The monoisotopic (exact) mass is 230 g/mol. The standard InChI is InChI=1S/C12H22O4/c1-4-16-11(13)7-5-6-9(2)8-10(3)12(14)15/h9-10H,4-8H2,1-3H3,(H,14,15)/t9-,10-/m1/s1. The van der Waals surface area contributed by atoms with E-state index in [-0.39, 0.29) is 11.9 Å². The highest BCUT2D eigenvalue weighted by atomic mass is 16.5. The fraction of sp³-hybridized carbons (Fsp3) is 0.833. The number of carboxylic acids is 1. The molecular weight excluding hydrogens is 208 g/mol. The molecule has 94 valence electrons. The molecule has 0 rings (SSSR count). The minimum absolute atomic E-state index is 0.166. The number of hydrogen-bond acceptors (Lipinski definition) is 3. The Kier molecular flexibility index (Phi) is 7.60. The molecule has 0 unspecified atom stereocenters. The SMILES string of the molecule is CCOC(=O)CCC[C@@H](C)C[C@@H](C)C(=O)O. The second kappa shape index (κ2) is 8.13. The summed E-state index contributed by atoms with van der Waals surface area (Å²) in [5, 5.41) is 8.74. The van der Waals surface area contributed by atoms with Crippen LogP contribution in [-0.4, -0.2) is 23.7 Å². The van der Waals surface area contributed by atoms with Crippen LogP contribution in [0, 0.1) is 11.8 Å². The van der Waals surface area contributed by atoms with Crippen LogP contribution < -0.4 is 0 Å². The summed E-state index contributed by atoms with van der Waals surface area (Å²) in [5.41, 5.74) is 0. The van der Waals surface area contributed by atoms with E-state index in [9.17, 15) is 9.59 Å². The third-order valence-electron chi connectivity index (χ3n) is 2.56. The van der Waals surface area contributed by atoms with Crippen molar-refractivity contribution in [3.05, 3.63) is 0 Å². The van der Waals surface area contributed by atoms with Crippen molar-refractivity contribution in [1.29, 1.82) is 0 Å². The predicted octanol–water partition coefficient (Wildman–Crippen LogP) is 2.47. The molecule has 0 aromatic heterocycles. The first-order valence-electron chi connectivity index (χ1n) is 5.85. The number of carbonyl (C=O) groups excluding carboxylic acids is 1. The molecule has 0 fully saturated rings. The van der Waals surface area contributed by atoms with E-state index >= 15 is 0 Å². The van der Waals surface area contributed by atoms with E-state index in [2.05, 4.69) is 0 Å². The normalized spacial score (nSPS) is 14.2. The summed E-state index contributed by atoms with van der Waals surface area (Å²) in [6.07, 6.45) is 2.74. The van der Waals surface area contributed by atoms with Gasteiger partial charge in [0.25, 0.3) is 0 Å². The van der Waals surface area contributed by atoms with Gasteiger partial charge in [0, 0.05) is 6.42 Å². The number of carbonyl (C=O) groups is 2. The van der Waals surface area contributed by atoms with Crippen molar-refractivity contribution >= 4 is 11.9 Å². The lowest BCUT2D eigenvalue weighted by Crippen LogP contribution is -2.13. The van der Waals surface area contributed by atoms with Gasteiger partial charge in [-0.3, -0.25) is 9.59 Å². The highest BCUT2D eigenvalue weighted by molar-refractivity contribution is 5.69. The first-order chi connectivity index (χ1) is 7.47. The highest BCUT2D eigenvalue weighted by Gasteiger charge is 2.15. The maximum absolute atomic E-state index is 11.0. The average Bonchev–Trinajstić information content (AvgIpc) is 2.17. The molecule has 0 aliphatic rings. The number of rotatable bonds is 8. The van der Waals surface area contributed by atoms with E-state index in [4.69, 9.17) is 9.84 Å². The quantitative estimate of drug-likeness (QED) is 0.650. The maximum Gasteiger partial charge on any atom is 0.306 e. The Hall–Kier alpha value is -1.06. The lowest BCUT2D eigenvalue weighted by atomic mass is 9.93. The van der Waals surface area contributed by atoms with Crippen LogP contribution >= 0.6 is 0 Å². The molecule has 0 heterocycles. The number of ether oxygens (including phenoxy) is 1. The Balaban J connectivity index is 3.61. The number of esters is 1. The molecule has 4 heteroatoms. The van der Waals surface area contributed by atoms with Gasteiger partial charge in [-0.15, -0.1) is 0 Å². The van der Waals surface area contributed by atoms with Gasteiger partial charge in [0.05, 0.1) is 12.5 Å². The van der Waals surface area contributed by atoms with Crippen molar-refractivity contribution in [3.63, 3.8) is 0 Å². The lowest BCUT2D eigenvalue weighted by Gasteiger charge is -2.13. The largest absolute Gasteiger partial charge is 0.481 e. The average molecular weight is 230 g/mol. The fourth-order valence-corrected chi connectivity index (χ4v) is 1.65. The van der Waals surface area contributed by atoms with Crippen molar-refractivity contribution in [3.8, 4) is 0 Å². The Morgan fingerprint density at radius 3 is 2.44 bits per heavy atom. The zero-order valence-corrected chi connectivity index (χ0v) is 10.4. The Morgan fingerprint density at radius 1 is 1.31 bits per heavy atom. The summed E-state index contributed by atoms with van der Waals surface area (Å²) in [7, 11) is 0. The molecule has 0 aliphatic carbocycles. The predicted molar refractivity (Wildman–Crippen MR) is 61.1 cm³/mol. The van der Waals surface area contributed by atoms with Gasteiger partial charge in [0.2, 0.25) is 0 Å². The molecule has 1 N–H and O–H groups in total. The van der Waals surface area contributed by atoms with E-state index in [1.165, 1.54) is 0 Å². The fourth-order valence-electron chi connectivity index (χ4n) is 1.65. The molecule has 0 aromatic rings. The van der Waals surface area contributed by atoms with E-state index < -0.39 is 5.97 Å². The Bertz CT molecular complexity index is 225. The second-order valence-corrected chi connectivity index (χ2v) is 4.28. The minimum Gasteiger partial charge on any atom is -0.481 e. The molecule has 0 radical (unpaired) electrons. The molecule has 0 aliphatic heterocycles. The van der Waals surface area contributed by atoms with E-state index in [1.54, 1.807) is 13.8 Å². The molecule has 0 amide bonds. The summed E-state index contributed by atoms with van der Waals surface area (Å²) in [4.78, 5) is 21.7.